The van der Waals surface area contributed by atoms with Gasteiger partial charge in [0.1, 0.15) is 12.3 Å². The maximum Gasteiger partial charge on any atom is 0.358 e. The van der Waals surface area contributed by atoms with E-state index in [0.717, 1.165) is 5.69 Å². The number of nitrogens with zero attached hydrogens (tertiary/aromatic N) is 5. The quantitative estimate of drug-likeness (QED) is 0.685. The molecular formula is C14H10ClN5O2. The summed E-state index contributed by atoms with van der Waals surface area (Å²) >= 11 is 5.83. The van der Waals surface area contributed by atoms with Crippen LogP contribution in [0.5, 0.6) is 0 Å². The number of halogens is 1. The SMILES string of the molecule is O=C(OCc1cn(-c2ccc(Cl)cc2)nn1)c1cnccn1. The molecule has 7 nitrogen and oxygen atoms in total. The minimum absolute atomic E-state index is 0.00297. The van der Waals surface area contributed by atoms with E-state index < -0.39 is 5.97 Å². The number of ether oxygens (including phenoxy) is 1. The zero-order valence-electron chi connectivity index (χ0n) is 11.3. The molecule has 0 atom stereocenters. The molecule has 110 valence electrons. The van der Waals surface area contributed by atoms with Crippen molar-refractivity contribution in [2.45, 2.75) is 6.61 Å². The van der Waals surface area contributed by atoms with E-state index in [4.69, 9.17) is 16.3 Å². The van der Waals surface area contributed by atoms with Crippen molar-refractivity contribution in [2.75, 3.05) is 0 Å². The molecule has 2 heterocycles. The first-order chi connectivity index (χ1) is 10.7. The fourth-order valence-corrected chi connectivity index (χ4v) is 1.83. The van der Waals surface area contributed by atoms with E-state index in [9.17, 15) is 4.79 Å². The molecule has 0 N–H and O–H groups in total. The molecule has 8 heteroatoms. The number of hydrogen-bond donors (Lipinski definition) is 0. The smallest absolute Gasteiger partial charge is 0.358 e. The standard InChI is InChI=1S/C14H10ClN5O2/c15-10-1-3-12(4-2-10)20-8-11(18-19-20)9-22-14(21)13-7-16-5-6-17-13/h1-8H,9H2. The Kier molecular flexibility index (Phi) is 4.06. The number of hydrogen-bond acceptors (Lipinski definition) is 6. The lowest BCUT2D eigenvalue weighted by Gasteiger charge is -2.01. The van der Waals surface area contributed by atoms with Gasteiger partial charge in [-0.25, -0.2) is 14.5 Å². The van der Waals surface area contributed by atoms with Crippen LogP contribution in [0.25, 0.3) is 5.69 Å². The molecule has 0 radical (unpaired) electrons. The van der Waals surface area contributed by atoms with Crippen molar-refractivity contribution < 1.29 is 9.53 Å². The molecule has 1 aromatic carbocycles. The summed E-state index contributed by atoms with van der Waals surface area (Å²) < 4.78 is 6.68. The molecule has 0 saturated heterocycles. The molecular weight excluding hydrogens is 306 g/mol. The van der Waals surface area contributed by atoms with Crippen LogP contribution >= 0.6 is 11.6 Å². The van der Waals surface area contributed by atoms with Gasteiger partial charge < -0.3 is 4.74 Å². The summed E-state index contributed by atoms with van der Waals surface area (Å²) in [7, 11) is 0. The Morgan fingerprint density at radius 1 is 1.23 bits per heavy atom. The van der Waals surface area contributed by atoms with Gasteiger partial charge in [0, 0.05) is 17.4 Å². The third kappa shape index (κ3) is 3.26. The number of rotatable bonds is 4. The Morgan fingerprint density at radius 3 is 2.77 bits per heavy atom. The lowest BCUT2D eigenvalue weighted by Crippen LogP contribution is -2.07. The van der Waals surface area contributed by atoms with Crippen molar-refractivity contribution in [1.29, 1.82) is 0 Å². The Balaban J connectivity index is 1.65. The largest absolute Gasteiger partial charge is 0.454 e. The second-order valence-electron chi connectivity index (χ2n) is 4.30. The lowest BCUT2D eigenvalue weighted by molar-refractivity contribution is 0.0460. The van der Waals surface area contributed by atoms with Crippen LogP contribution in [0.15, 0.2) is 49.1 Å². The molecule has 0 amide bonds. The van der Waals surface area contributed by atoms with Crippen LogP contribution in [0.2, 0.25) is 5.02 Å². The number of carbonyl (C=O) groups is 1. The van der Waals surface area contributed by atoms with Crippen LogP contribution in [0.4, 0.5) is 0 Å². The molecule has 3 rings (SSSR count). The highest BCUT2D eigenvalue weighted by Crippen LogP contribution is 2.13. The minimum atomic E-state index is -0.561. The summed E-state index contributed by atoms with van der Waals surface area (Å²) in [6, 6.07) is 7.14. The summed E-state index contributed by atoms with van der Waals surface area (Å²) in [6.45, 7) is 0.00297. The Hall–Kier alpha value is -2.80. The second kappa shape index (κ2) is 6.31. The highest BCUT2D eigenvalue weighted by molar-refractivity contribution is 6.30. The number of benzene rings is 1. The highest BCUT2D eigenvalue weighted by Gasteiger charge is 2.10. The van der Waals surface area contributed by atoms with Gasteiger partial charge in [0.25, 0.3) is 0 Å². The Labute approximate surface area is 130 Å². The fraction of sp³-hybridized carbons (Fsp3) is 0.0714. The first-order valence-electron chi connectivity index (χ1n) is 6.33. The second-order valence-corrected chi connectivity index (χ2v) is 4.73. The van der Waals surface area contributed by atoms with Crippen molar-refractivity contribution in [1.82, 2.24) is 25.0 Å². The zero-order valence-corrected chi connectivity index (χ0v) is 12.0. The molecule has 0 aliphatic carbocycles. The maximum atomic E-state index is 11.7. The van der Waals surface area contributed by atoms with Gasteiger partial charge in [-0.1, -0.05) is 16.8 Å². The van der Waals surface area contributed by atoms with Crippen LogP contribution in [0.1, 0.15) is 16.2 Å². The highest BCUT2D eigenvalue weighted by atomic mass is 35.5. The van der Waals surface area contributed by atoms with Crippen LogP contribution in [-0.4, -0.2) is 30.9 Å². The molecule has 0 spiro atoms. The lowest BCUT2D eigenvalue weighted by atomic mass is 10.3. The van der Waals surface area contributed by atoms with Crippen molar-refractivity contribution in [3.05, 3.63) is 65.5 Å². The van der Waals surface area contributed by atoms with E-state index in [1.165, 1.54) is 18.6 Å². The van der Waals surface area contributed by atoms with Crippen LogP contribution in [-0.2, 0) is 11.3 Å². The van der Waals surface area contributed by atoms with E-state index in [1.54, 1.807) is 23.0 Å². The molecule has 22 heavy (non-hydrogen) atoms. The van der Waals surface area contributed by atoms with Crippen molar-refractivity contribution in [3.8, 4) is 5.69 Å². The third-order valence-electron chi connectivity index (χ3n) is 2.76. The molecule has 0 fully saturated rings. The van der Waals surface area contributed by atoms with Gasteiger partial charge in [-0.15, -0.1) is 5.10 Å². The zero-order chi connectivity index (χ0) is 15.4. The predicted octanol–water partition coefficient (Wildman–Crippen LogP) is 2.07. The predicted molar refractivity (Wildman–Crippen MR) is 77.5 cm³/mol. The van der Waals surface area contributed by atoms with E-state index in [0.29, 0.717) is 10.7 Å². The monoisotopic (exact) mass is 315 g/mol. The Bertz CT molecular complexity index is 773. The van der Waals surface area contributed by atoms with Crippen molar-refractivity contribution >= 4 is 17.6 Å². The van der Waals surface area contributed by atoms with E-state index in [2.05, 4.69) is 20.3 Å². The number of carbonyl (C=O) groups excluding carboxylic acids is 1. The summed E-state index contributed by atoms with van der Waals surface area (Å²) in [6.07, 6.45) is 5.92. The van der Waals surface area contributed by atoms with Gasteiger partial charge in [-0.3, -0.25) is 4.98 Å². The van der Waals surface area contributed by atoms with E-state index in [1.807, 2.05) is 12.1 Å². The maximum absolute atomic E-state index is 11.7. The van der Waals surface area contributed by atoms with Crippen LogP contribution in [0, 0.1) is 0 Å². The van der Waals surface area contributed by atoms with Gasteiger partial charge in [0.15, 0.2) is 5.69 Å². The molecule has 0 aliphatic rings. The number of esters is 1. The summed E-state index contributed by atoms with van der Waals surface area (Å²) in [5, 5.41) is 8.56. The van der Waals surface area contributed by atoms with E-state index in [-0.39, 0.29) is 12.3 Å². The number of aromatic nitrogens is 5. The average Bonchev–Trinajstić information content (AvgIpc) is 3.03. The van der Waals surface area contributed by atoms with Gasteiger partial charge in [-0.2, -0.15) is 0 Å². The van der Waals surface area contributed by atoms with Crippen LogP contribution in [0.3, 0.4) is 0 Å². The van der Waals surface area contributed by atoms with Gasteiger partial charge in [0.2, 0.25) is 0 Å². The topological polar surface area (TPSA) is 82.8 Å². The Morgan fingerprint density at radius 2 is 2.05 bits per heavy atom. The molecule has 2 aromatic heterocycles. The molecule has 0 unspecified atom stereocenters. The average molecular weight is 316 g/mol. The molecule has 0 saturated carbocycles. The first-order valence-corrected chi connectivity index (χ1v) is 6.70. The van der Waals surface area contributed by atoms with E-state index >= 15 is 0 Å². The fourth-order valence-electron chi connectivity index (χ4n) is 1.70. The van der Waals surface area contributed by atoms with Gasteiger partial charge in [0.05, 0.1) is 18.1 Å². The third-order valence-corrected chi connectivity index (χ3v) is 3.01. The summed E-state index contributed by atoms with van der Waals surface area (Å²) in [4.78, 5) is 19.4. The normalized spacial score (nSPS) is 10.4. The molecule has 3 aromatic rings. The molecule has 0 bridgehead atoms. The van der Waals surface area contributed by atoms with Crippen molar-refractivity contribution in [2.24, 2.45) is 0 Å². The van der Waals surface area contributed by atoms with Gasteiger partial charge in [-0.05, 0) is 24.3 Å². The van der Waals surface area contributed by atoms with Gasteiger partial charge >= 0.3 is 5.97 Å². The summed E-state index contributed by atoms with van der Waals surface area (Å²) in [5.74, 6) is -0.561. The first kappa shape index (κ1) is 14.2. The van der Waals surface area contributed by atoms with Crippen LogP contribution < -0.4 is 0 Å². The minimum Gasteiger partial charge on any atom is -0.454 e. The van der Waals surface area contributed by atoms with Crippen molar-refractivity contribution in [3.63, 3.8) is 0 Å². The molecule has 0 aliphatic heterocycles. The summed E-state index contributed by atoms with van der Waals surface area (Å²) in [5.41, 5.74) is 1.48.